The third-order valence-electron chi connectivity index (χ3n) is 3.98. The van der Waals surface area contributed by atoms with Gasteiger partial charge in [-0.3, -0.25) is 14.4 Å². The summed E-state index contributed by atoms with van der Waals surface area (Å²) in [6.45, 7) is 1.23. The van der Waals surface area contributed by atoms with Gasteiger partial charge in [0.2, 0.25) is 5.91 Å². The number of anilines is 1. The van der Waals surface area contributed by atoms with E-state index < -0.39 is 36.3 Å². The van der Waals surface area contributed by atoms with Crippen LogP contribution in [0, 0.1) is 0 Å². The van der Waals surface area contributed by atoms with Crippen molar-refractivity contribution in [2.75, 3.05) is 29.7 Å². The van der Waals surface area contributed by atoms with Crippen LogP contribution >= 0.6 is 23.2 Å². The Bertz CT molecular complexity index is 722. The minimum absolute atomic E-state index is 0.252. The zero-order valence-corrected chi connectivity index (χ0v) is 17.7. The molecular formula is C19H24Cl2N2O7. The summed E-state index contributed by atoms with van der Waals surface area (Å²) in [5, 5.41) is 19.8. The lowest BCUT2D eigenvalue weighted by molar-refractivity contribution is -0.143. The highest BCUT2D eigenvalue weighted by atomic mass is 35.5. The smallest absolute Gasteiger partial charge is 0.326 e. The van der Waals surface area contributed by atoms with E-state index in [4.69, 9.17) is 38.2 Å². The molecule has 0 aliphatic carbocycles. The van der Waals surface area contributed by atoms with Crippen LogP contribution in [-0.2, 0) is 19.2 Å². The maximum Gasteiger partial charge on any atom is 0.326 e. The first-order valence-corrected chi connectivity index (χ1v) is 10.2. The Labute approximate surface area is 183 Å². The number of halogens is 2. The molecule has 0 spiro atoms. The van der Waals surface area contributed by atoms with Crippen LogP contribution in [0.25, 0.3) is 0 Å². The first-order chi connectivity index (χ1) is 14.3. The highest BCUT2D eigenvalue weighted by Gasteiger charge is 2.21. The van der Waals surface area contributed by atoms with Gasteiger partial charge >= 0.3 is 17.9 Å². The fourth-order valence-electron chi connectivity index (χ4n) is 2.49. The zero-order chi connectivity index (χ0) is 22.5. The number of esters is 1. The monoisotopic (exact) mass is 462 g/mol. The standard InChI is InChI=1S/C19H24Cl2N2O7/c20-9-11-23(12-10-21)13-1-3-14(4-2-13)30-18(27)8-6-16(24)22-15(19(28)29)5-7-17(25)26/h1-4,15H,5-12H2,(H,22,24)(H,25,26)(H,28,29). The number of aliphatic carboxylic acids is 2. The van der Waals surface area contributed by atoms with Gasteiger partial charge in [-0.15, -0.1) is 23.2 Å². The van der Waals surface area contributed by atoms with Crippen molar-refractivity contribution >= 4 is 52.7 Å². The molecular weight excluding hydrogens is 439 g/mol. The summed E-state index contributed by atoms with van der Waals surface area (Å²) in [7, 11) is 0. The van der Waals surface area contributed by atoms with Crippen LogP contribution in [0.3, 0.4) is 0 Å². The second-order valence-electron chi connectivity index (χ2n) is 6.22. The molecule has 1 rings (SSSR count). The van der Waals surface area contributed by atoms with Crippen LogP contribution in [0.15, 0.2) is 24.3 Å². The Morgan fingerprint density at radius 1 is 0.967 bits per heavy atom. The predicted octanol–water partition coefficient (Wildman–Crippen LogP) is 2.09. The molecule has 1 aromatic carbocycles. The third kappa shape index (κ3) is 9.80. The van der Waals surface area contributed by atoms with E-state index in [1.807, 2.05) is 4.90 Å². The van der Waals surface area contributed by atoms with Gasteiger partial charge in [-0.05, 0) is 30.7 Å². The van der Waals surface area contributed by atoms with Crippen molar-refractivity contribution in [3.05, 3.63) is 24.3 Å². The topological polar surface area (TPSA) is 133 Å². The van der Waals surface area contributed by atoms with Gasteiger partial charge in [0.25, 0.3) is 0 Å². The predicted molar refractivity (Wildman–Crippen MR) is 111 cm³/mol. The van der Waals surface area contributed by atoms with Crippen molar-refractivity contribution in [2.45, 2.75) is 31.7 Å². The van der Waals surface area contributed by atoms with Crippen LogP contribution in [0.4, 0.5) is 5.69 Å². The molecule has 166 valence electrons. The van der Waals surface area contributed by atoms with Crippen LogP contribution < -0.4 is 15.0 Å². The Kier molecular flexibility index (Phi) is 11.6. The maximum atomic E-state index is 11.9. The normalized spacial score (nSPS) is 11.4. The molecule has 11 heteroatoms. The Morgan fingerprint density at radius 2 is 1.57 bits per heavy atom. The molecule has 1 unspecified atom stereocenters. The molecule has 30 heavy (non-hydrogen) atoms. The van der Waals surface area contributed by atoms with Gasteiger partial charge in [0.15, 0.2) is 0 Å². The number of benzene rings is 1. The highest BCUT2D eigenvalue weighted by Crippen LogP contribution is 2.20. The molecule has 1 aromatic rings. The van der Waals surface area contributed by atoms with Crippen molar-refractivity contribution in [3.63, 3.8) is 0 Å². The average Bonchev–Trinajstić information content (AvgIpc) is 2.69. The Balaban J connectivity index is 2.50. The lowest BCUT2D eigenvalue weighted by Crippen LogP contribution is -2.41. The van der Waals surface area contributed by atoms with E-state index in [0.29, 0.717) is 30.6 Å². The second-order valence-corrected chi connectivity index (χ2v) is 6.98. The van der Waals surface area contributed by atoms with Crippen LogP contribution in [0.2, 0.25) is 0 Å². The number of rotatable bonds is 14. The summed E-state index contributed by atoms with van der Waals surface area (Å²) >= 11 is 11.6. The van der Waals surface area contributed by atoms with Crippen molar-refractivity contribution in [3.8, 4) is 5.75 Å². The van der Waals surface area contributed by atoms with Crippen molar-refractivity contribution < 1.29 is 34.1 Å². The fourth-order valence-corrected chi connectivity index (χ4v) is 2.90. The number of carbonyl (C=O) groups is 4. The number of nitrogens with zero attached hydrogens (tertiary/aromatic N) is 1. The number of alkyl halides is 2. The number of hydrogen-bond acceptors (Lipinski definition) is 6. The molecule has 9 nitrogen and oxygen atoms in total. The maximum absolute atomic E-state index is 11.9. The second kappa shape index (κ2) is 13.7. The minimum Gasteiger partial charge on any atom is -0.481 e. The van der Waals surface area contributed by atoms with Gasteiger partial charge in [0, 0.05) is 43.4 Å². The molecule has 1 atom stereocenters. The molecule has 1 amide bonds. The minimum atomic E-state index is -1.34. The lowest BCUT2D eigenvalue weighted by Gasteiger charge is -2.22. The summed E-state index contributed by atoms with van der Waals surface area (Å²) in [4.78, 5) is 47.4. The van der Waals surface area contributed by atoms with Crippen LogP contribution in [0.1, 0.15) is 25.7 Å². The summed E-state index contributed by atoms with van der Waals surface area (Å²) < 4.78 is 5.17. The van der Waals surface area contributed by atoms with E-state index in [1.54, 1.807) is 24.3 Å². The van der Waals surface area contributed by atoms with Gasteiger partial charge in [0.1, 0.15) is 11.8 Å². The lowest BCUT2D eigenvalue weighted by atomic mass is 10.1. The van der Waals surface area contributed by atoms with E-state index in [9.17, 15) is 19.2 Å². The largest absolute Gasteiger partial charge is 0.481 e. The molecule has 3 N–H and O–H groups in total. The van der Waals surface area contributed by atoms with Gasteiger partial charge in [-0.1, -0.05) is 0 Å². The zero-order valence-electron chi connectivity index (χ0n) is 16.2. The Hall–Kier alpha value is -2.52. The molecule has 0 saturated heterocycles. The number of hydrogen-bond donors (Lipinski definition) is 3. The Morgan fingerprint density at radius 3 is 2.07 bits per heavy atom. The number of carbonyl (C=O) groups excluding carboxylic acids is 2. The first-order valence-electron chi connectivity index (χ1n) is 9.18. The first kappa shape index (κ1) is 25.5. The number of carboxylic acid groups (broad SMARTS) is 2. The van der Waals surface area contributed by atoms with E-state index in [-0.39, 0.29) is 19.3 Å². The van der Waals surface area contributed by atoms with E-state index in [2.05, 4.69) is 5.32 Å². The number of carboxylic acids is 2. The number of amides is 1. The third-order valence-corrected chi connectivity index (χ3v) is 4.32. The highest BCUT2D eigenvalue weighted by molar-refractivity contribution is 6.18. The average molecular weight is 463 g/mol. The SMILES string of the molecule is O=C(O)CCC(NC(=O)CCC(=O)Oc1ccc(N(CCCl)CCCl)cc1)C(=O)O. The van der Waals surface area contributed by atoms with Gasteiger partial charge in [-0.2, -0.15) is 0 Å². The van der Waals surface area contributed by atoms with Gasteiger partial charge < -0.3 is 25.2 Å². The van der Waals surface area contributed by atoms with Crippen molar-refractivity contribution in [2.24, 2.45) is 0 Å². The summed E-state index contributed by atoms with van der Waals surface area (Å²) in [6, 6.07) is 5.40. The van der Waals surface area contributed by atoms with Gasteiger partial charge in [0.05, 0.1) is 6.42 Å². The molecule has 0 bridgehead atoms. The number of nitrogens with one attached hydrogen (secondary N) is 1. The number of ether oxygens (including phenoxy) is 1. The quantitative estimate of drug-likeness (QED) is 0.217. The van der Waals surface area contributed by atoms with Crippen molar-refractivity contribution in [1.82, 2.24) is 5.32 Å². The summed E-state index contributed by atoms with van der Waals surface area (Å²) in [6.07, 6.45) is -1.20. The van der Waals surface area contributed by atoms with E-state index >= 15 is 0 Å². The van der Waals surface area contributed by atoms with E-state index in [1.165, 1.54) is 0 Å². The molecule has 0 saturated carbocycles. The van der Waals surface area contributed by atoms with E-state index in [0.717, 1.165) is 5.69 Å². The summed E-state index contributed by atoms with van der Waals surface area (Å²) in [5.74, 6) is -2.68. The molecule has 0 heterocycles. The molecule has 0 fully saturated rings. The molecule has 0 aliphatic heterocycles. The summed E-state index contributed by atoms with van der Waals surface area (Å²) in [5.41, 5.74) is 0.872. The molecule has 0 aromatic heterocycles. The van der Waals surface area contributed by atoms with Crippen LogP contribution in [0.5, 0.6) is 5.75 Å². The molecule has 0 aliphatic rings. The van der Waals surface area contributed by atoms with Crippen LogP contribution in [-0.4, -0.2) is 64.9 Å². The van der Waals surface area contributed by atoms with Crippen molar-refractivity contribution in [1.29, 1.82) is 0 Å². The van der Waals surface area contributed by atoms with Gasteiger partial charge in [-0.25, -0.2) is 4.79 Å². The molecule has 0 radical (unpaired) electrons. The fraction of sp³-hybridized carbons (Fsp3) is 0.474.